The van der Waals surface area contributed by atoms with E-state index in [1.807, 2.05) is 53.4 Å². The van der Waals surface area contributed by atoms with Gasteiger partial charge in [0.15, 0.2) is 5.17 Å². The van der Waals surface area contributed by atoms with Gasteiger partial charge in [0.2, 0.25) is 0 Å². The molecule has 0 radical (unpaired) electrons. The topological polar surface area (TPSA) is 45.6 Å². The number of aromatic nitrogens is 1. The van der Waals surface area contributed by atoms with Crippen LogP contribution < -0.4 is 0 Å². The monoisotopic (exact) mass is 363 g/mol. The van der Waals surface area contributed by atoms with Gasteiger partial charge in [-0.2, -0.15) is 0 Å². The first-order valence-electron chi connectivity index (χ1n) is 9.08. The number of amides is 1. The van der Waals surface area contributed by atoms with Gasteiger partial charge in [0, 0.05) is 18.4 Å². The molecule has 5 heteroatoms. The minimum atomic E-state index is 0.0698. The fourth-order valence-corrected chi connectivity index (χ4v) is 4.51. The summed E-state index contributed by atoms with van der Waals surface area (Å²) in [7, 11) is 0. The summed E-state index contributed by atoms with van der Waals surface area (Å²) in [6, 6.07) is 14.0. The lowest BCUT2D eigenvalue weighted by atomic mass is 9.94. The minimum Gasteiger partial charge on any atom is -0.283 e. The predicted octanol–water partition coefficient (Wildman–Crippen LogP) is 5.02. The van der Waals surface area contributed by atoms with E-state index in [0.717, 1.165) is 34.2 Å². The van der Waals surface area contributed by atoms with Gasteiger partial charge >= 0.3 is 0 Å². The number of hydrogen-bond acceptors (Lipinski definition) is 4. The molecule has 1 aliphatic heterocycles. The molecule has 2 fully saturated rings. The van der Waals surface area contributed by atoms with Crippen molar-refractivity contribution in [3.63, 3.8) is 0 Å². The first-order chi connectivity index (χ1) is 12.8. The number of hydrogen-bond donors (Lipinski definition) is 0. The van der Waals surface area contributed by atoms with Crippen LogP contribution in [0.2, 0.25) is 0 Å². The zero-order valence-electron chi connectivity index (χ0n) is 14.5. The Labute approximate surface area is 158 Å². The number of carbonyl (C=O) groups is 1. The van der Waals surface area contributed by atoms with Crippen molar-refractivity contribution in [2.24, 2.45) is 4.99 Å². The summed E-state index contributed by atoms with van der Waals surface area (Å²) in [5.74, 6) is 0.0698. The van der Waals surface area contributed by atoms with Crippen molar-refractivity contribution < 1.29 is 4.79 Å². The third-order valence-electron chi connectivity index (χ3n) is 4.74. The quantitative estimate of drug-likeness (QED) is 0.720. The molecular weight excluding hydrogens is 342 g/mol. The van der Waals surface area contributed by atoms with E-state index < -0.39 is 0 Å². The van der Waals surface area contributed by atoms with Gasteiger partial charge in [-0.05, 0) is 54.4 Å². The molecule has 0 atom stereocenters. The molecule has 0 N–H and O–H groups in total. The lowest BCUT2D eigenvalue weighted by Gasteiger charge is -2.30. The largest absolute Gasteiger partial charge is 0.283 e. The Hall–Kier alpha value is -2.40. The Morgan fingerprint density at radius 3 is 2.62 bits per heavy atom. The number of amidine groups is 1. The molecule has 2 heterocycles. The van der Waals surface area contributed by atoms with Gasteiger partial charge in [-0.15, -0.1) is 0 Å². The molecule has 26 heavy (non-hydrogen) atoms. The van der Waals surface area contributed by atoms with Gasteiger partial charge in [0.1, 0.15) is 0 Å². The molecule has 0 bridgehead atoms. The number of benzene rings is 1. The maximum atomic E-state index is 13.1. The Kier molecular flexibility index (Phi) is 5.16. The highest BCUT2D eigenvalue weighted by atomic mass is 32.2. The highest BCUT2D eigenvalue weighted by molar-refractivity contribution is 8.18. The van der Waals surface area contributed by atoms with Crippen LogP contribution >= 0.6 is 11.8 Å². The zero-order chi connectivity index (χ0) is 17.8. The number of carbonyl (C=O) groups excluding carboxylic acids is 1. The molecule has 2 aromatic rings. The Morgan fingerprint density at radius 2 is 1.88 bits per heavy atom. The highest BCUT2D eigenvalue weighted by Crippen LogP contribution is 2.38. The smallest absolute Gasteiger partial charge is 0.267 e. The Balaban J connectivity index is 1.69. The molecule has 1 aromatic carbocycles. The van der Waals surface area contributed by atoms with Gasteiger partial charge in [-0.25, -0.2) is 4.99 Å². The lowest BCUT2D eigenvalue weighted by molar-refractivity contribution is -0.124. The third kappa shape index (κ3) is 3.73. The van der Waals surface area contributed by atoms with Crippen LogP contribution in [0.1, 0.15) is 37.7 Å². The summed E-state index contributed by atoms with van der Waals surface area (Å²) < 4.78 is 0. The van der Waals surface area contributed by atoms with Crippen LogP contribution in [0.4, 0.5) is 5.69 Å². The molecule has 1 aliphatic carbocycles. The Bertz CT molecular complexity index is 827. The van der Waals surface area contributed by atoms with Crippen molar-refractivity contribution in [3.05, 3.63) is 65.3 Å². The summed E-state index contributed by atoms with van der Waals surface area (Å²) >= 11 is 1.47. The van der Waals surface area contributed by atoms with E-state index in [0.29, 0.717) is 0 Å². The van der Waals surface area contributed by atoms with Gasteiger partial charge in [0.05, 0.1) is 10.6 Å². The van der Waals surface area contributed by atoms with Crippen LogP contribution in [-0.4, -0.2) is 27.0 Å². The second-order valence-electron chi connectivity index (χ2n) is 6.59. The van der Waals surface area contributed by atoms with Crippen LogP contribution in [0.5, 0.6) is 0 Å². The molecule has 1 amide bonds. The van der Waals surface area contributed by atoms with Crippen LogP contribution in [0.3, 0.4) is 0 Å². The number of rotatable bonds is 3. The van der Waals surface area contributed by atoms with Gasteiger partial charge < -0.3 is 0 Å². The molecule has 0 spiro atoms. The van der Waals surface area contributed by atoms with E-state index in [-0.39, 0.29) is 11.9 Å². The van der Waals surface area contributed by atoms with Crippen LogP contribution in [0.25, 0.3) is 6.08 Å². The van der Waals surface area contributed by atoms with Crippen molar-refractivity contribution in [1.29, 1.82) is 0 Å². The molecule has 0 unspecified atom stereocenters. The van der Waals surface area contributed by atoms with Crippen LogP contribution in [-0.2, 0) is 4.79 Å². The summed E-state index contributed by atoms with van der Waals surface area (Å²) in [4.78, 5) is 24.7. The van der Waals surface area contributed by atoms with E-state index >= 15 is 0 Å². The molecule has 132 valence electrons. The number of para-hydroxylation sites is 1. The van der Waals surface area contributed by atoms with Gasteiger partial charge in [0.25, 0.3) is 5.91 Å². The number of thioether (sulfide) groups is 1. The van der Waals surface area contributed by atoms with Crippen LogP contribution in [0.15, 0.2) is 64.8 Å². The first-order valence-corrected chi connectivity index (χ1v) is 9.90. The SMILES string of the molecule is O=C1C(=Cc2cccnc2)SC(=Nc2ccccc2)N1C1CCCCC1. The van der Waals surface area contributed by atoms with Gasteiger partial charge in [-0.1, -0.05) is 43.5 Å². The molecule has 2 aliphatic rings. The average molecular weight is 363 g/mol. The lowest BCUT2D eigenvalue weighted by Crippen LogP contribution is -2.40. The molecule has 4 rings (SSSR count). The standard InChI is InChI=1S/C21H21N3OS/c25-20-19(14-16-8-7-13-22-15-16)26-21(23-17-9-3-1-4-10-17)24(20)18-11-5-2-6-12-18/h1,3-4,7-10,13-15,18H,2,5-6,11-12H2. The molecular formula is C21H21N3OS. The molecule has 4 nitrogen and oxygen atoms in total. The number of aliphatic imine (C=N–C) groups is 1. The average Bonchev–Trinajstić information content (AvgIpc) is 2.99. The van der Waals surface area contributed by atoms with E-state index in [4.69, 9.17) is 4.99 Å². The van der Waals surface area contributed by atoms with E-state index in [9.17, 15) is 4.79 Å². The number of nitrogens with zero attached hydrogens (tertiary/aromatic N) is 3. The van der Waals surface area contributed by atoms with Gasteiger partial charge in [-0.3, -0.25) is 14.7 Å². The van der Waals surface area contributed by atoms with Crippen molar-refractivity contribution in [1.82, 2.24) is 9.88 Å². The fourth-order valence-electron chi connectivity index (χ4n) is 3.45. The van der Waals surface area contributed by atoms with E-state index in [2.05, 4.69) is 4.98 Å². The molecule has 1 saturated heterocycles. The summed E-state index contributed by atoms with van der Waals surface area (Å²) in [6.45, 7) is 0. The Morgan fingerprint density at radius 1 is 1.08 bits per heavy atom. The van der Waals surface area contributed by atoms with E-state index in [1.165, 1.54) is 31.0 Å². The maximum Gasteiger partial charge on any atom is 0.267 e. The highest BCUT2D eigenvalue weighted by Gasteiger charge is 2.38. The number of pyridine rings is 1. The predicted molar refractivity (Wildman–Crippen MR) is 107 cm³/mol. The summed E-state index contributed by atoms with van der Waals surface area (Å²) in [5, 5.41) is 0.795. The van der Waals surface area contributed by atoms with Crippen molar-refractivity contribution in [3.8, 4) is 0 Å². The fraction of sp³-hybridized carbons (Fsp3) is 0.286. The maximum absolute atomic E-state index is 13.1. The second kappa shape index (κ2) is 7.87. The van der Waals surface area contributed by atoms with Crippen LogP contribution in [0, 0.1) is 0 Å². The van der Waals surface area contributed by atoms with Crippen molar-refractivity contribution in [2.75, 3.05) is 0 Å². The van der Waals surface area contributed by atoms with E-state index in [1.54, 1.807) is 12.4 Å². The molecule has 1 saturated carbocycles. The first kappa shape index (κ1) is 17.0. The van der Waals surface area contributed by atoms with Crippen molar-refractivity contribution >= 4 is 34.6 Å². The van der Waals surface area contributed by atoms with Crippen molar-refractivity contribution in [2.45, 2.75) is 38.1 Å². The normalized spacial score (nSPS) is 21.7. The minimum absolute atomic E-state index is 0.0698. The summed E-state index contributed by atoms with van der Waals surface area (Å²) in [5.41, 5.74) is 1.82. The summed E-state index contributed by atoms with van der Waals surface area (Å²) in [6.07, 6.45) is 11.2. The zero-order valence-corrected chi connectivity index (χ0v) is 15.4. The third-order valence-corrected chi connectivity index (χ3v) is 5.72. The molecule has 1 aromatic heterocycles. The second-order valence-corrected chi connectivity index (χ2v) is 7.60.